The number of carbonyl (C=O) groups is 1. The fraction of sp³-hybridized carbons (Fsp3) is 0.650. The van der Waals surface area contributed by atoms with E-state index < -0.39 is 5.60 Å². The van der Waals surface area contributed by atoms with Crippen LogP contribution in [0.2, 0.25) is 0 Å². The first-order chi connectivity index (χ1) is 11.6. The van der Waals surface area contributed by atoms with Gasteiger partial charge in [0.15, 0.2) is 0 Å². The van der Waals surface area contributed by atoms with Gasteiger partial charge < -0.3 is 14.8 Å². The van der Waals surface area contributed by atoms with Gasteiger partial charge in [0.1, 0.15) is 11.4 Å². The van der Waals surface area contributed by atoms with E-state index in [2.05, 4.69) is 12.2 Å². The summed E-state index contributed by atoms with van der Waals surface area (Å²) >= 11 is 0. The molecular weight excluding hydrogens is 302 g/mol. The van der Waals surface area contributed by atoms with Gasteiger partial charge in [-0.25, -0.2) is 0 Å². The minimum absolute atomic E-state index is 0.0812. The van der Waals surface area contributed by atoms with Gasteiger partial charge in [0.05, 0.1) is 6.10 Å². The van der Waals surface area contributed by atoms with Gasteiger partial charge in [-0.15, -0.1) is 0 Å². The lowest BCUT2D eigenvalue weighted by atomic mass is 9.97. The zero-order valence-corrected chi connectivity index (χ0v) is 15.3. The average molecular weight is 333 g/mol. The molecule has 134 valence electrons. The maximum atomic E-state index is 12.6. The summed E-state index contributed by atoms with van der Waals surface area (Å²) in [7, 11) is 0. The number of ether oxygens (including phenoxy) is 2. The minimum atomic E-state index is -0.774. The predicted octanol–water partition coefficient (Wildman–Crippen LogP) is 4.93. The molecule has 4 heteroatoms. The van der Waals surface area contributed by atoms with Gasteiger partial charge in [0, 0.05) is 12.3 Å². The van der Waals surface area contributed by atoms with Crippen molar-refractivity contribution in [1.29, 1.82) is 0 Å². The lowest BCUT2D eigenvalue weighted by molar-refractivity contribution is -0.139. The van der Waals surface area contributed by atoms with Crippen molar-refractivity contribution in [3.05, 3.63) is 24.3 Å². The largest absolute Gasteiger partial charge is 0.490 e. The molecule has 1 aromatic rings. The second-order valence-electron chi connectivity index (χ2n) is 6.77. The molecule has 0 heterocycles. The Balaban J connectivity index is 1.94. The summed E-state index contributed by atoms with van der Waals surface area (Å²) in [5.74, 6) is 0.792. The van der Waals surface area contributed by atoms with Crippen molar-refractivity contribution in [3.8, 4) is 5.75 Å². The molecule has 1 atom stereocenters. The first-order valence-electron chi connectivity index (χ1n) is 9.29. The van der Waals surface area contributed by atoms with Crippen LogP contribution in [0.5, 0.6) is 5.75 Å². The smallest absolute Gasteiger partial charge is 0.256 e. The van der Waals surface area contributed by atoms with E-state index in [4.69, 9.17) is 9.47 Å². The Hall–Kier alpha value is -1.55. The van der Waals surface area contributed by atoms with Gasteiger partial charge in [0.2, 0.25) is 0 Å². The maximum Gasteiger partial charge on any atom is 0.256 e. The van der Waals surface area contributed by atoms with E-state index in [0.717, 1.165) is 43.5 Å². The lowest BCUT2D eigenvalue weighted by Crippen LogP contribution is -2.42. The van der Waals surface area contributed by atoms with E-state index in [1.54, 1.807) is 0 Å². The SMILES string of the molecule is CCCCC(C)(OCC)C(=O)Nc1ccc(OC2CCCC2)cc1. The number of rotatable bonds is 9. The molecule has 0 aliphatic heterocycles. The van der Waals surface area contributed by atoms with Crippen LogP contribution in [0.3, 0.4) is 0 Å². The van der Waals surface area contributed by atoms with Crippen molar-refractivity contribution >= 4 is 11.6 Å². The monoisotopic (exact) mass is 333 g/mol. The summed E-state index contributed by atoms with van der Waals surface area (Å²) in [5, 5.41) is 2.98. The van der Waals surface area contributed by atoms with Crippen LogP contribution in [0.15, 0.2) is 24.3 Å². The zero-order valence-electron chi connectivity index (χ0n) is 15.3. The fourth-order valence-corrected chi connectivity index (χ4v) is 3.16. The van der Waals surface area contributed by atoms with E-state index in [9.17, 15) is 4.79 Å². The van der Waals surface area contributed by atoms with Gasteiger partial charge >= 0.3 is 0 Å². The van der Waals surface area contributed by atoms with E-state index in [-0.39, 0.29) is 5.91 Å². The van der Waals surface area contributed by atoms with E-state index in [1.165, 1.54) is 12.8 Å². The molecule has 0 saturated heterocycles. The summed E-state index contributed by atoms with van der Waals surface area (Å²) in [5.41, 5.74) is 0.00486. The highest BCUT2D eigenvalue weighted by atomic mass is 16.5. The highest BCUT2D eigenvalue weighted by Gasteiger charge is 2.33. The highest BCUT2D eigenvalue weighted by Crippen LogP contribution is 2.26. The Kier molecular flexibility index (Phi) is 7.10. The molecule has 1 aromatic carbocycles. The van der Waals surface area contributed by atoms with E-state index >= 15 is 0 Å². The summed E-state index contributed by atoms with van der Waals surface area (Å²) in [6.07, 6.45) is 7.89. The van der Waals surface area contributed by atoms with Crippen LogP contribution in [-0.4, -0.2) is 24.2 Å². The number of carbonyl (C=O) groups excluding carboxylic acids is 1. The number of hydrogen-bond donors (Lipinski definition) is 1. The highest BCUT2D eigenvalue weighted by molar-refractivity contribution is 5.97. The van der Waals surface area contributed by atoms with Crippen LogP contribution >= 0.6 is 0 Å². The third-order valence-electron chi connectivity index (χ3n) is 4.67. The summed E-state index contributed by atoms with van der Waals surface area (Å²) in [6, 6.07) is 7.65. The van der Waals surface area contributed by atoms with Crippen molar-refractivity contribution in [3.63, 3.8) is 0 Å². The molecule has 1 N–H and O–H groups in total. The summed E-state index contributed by atoms with van der Waals surface area (Å²) in [4.78, 5) is 12.6. The number of hydrogen-bond acceptors (Lipinski definition) is 3. The molecule has 1 amide bonds. The number of unbranched alkanes of at least 4 members (excludes halogenated alkanes) is 1. The molecule has 1 aliphatic carbocycles. The van der Waals surface area contributed by atoms with Gasteiger partial charge in [0.25, 0.3) is 5.91 Å². The molecular formula is C20H31NO3. The molecule has 4 nitrogen and oxygen atoms in total. The Bertz CT molecular complexity index is 508. The quantitative estimate of drug-likeness (QED) is 0.697. The Morgan fingerprint density at radius 1 is 1.21 bits per heavy atom. The third kappa shape index (κ3) is 5.23. The molecule has 24 heavy (non-hydrogen) atoms. The summed E-state index contributed by atoms with van der Waals surface area (Å²) < 4.78 is 11.7. The zero-order chi connectivity index (χ0) is 17.4. The lowest BCUT2D eigenvalue weighted by Gasteiger charge is -2.28. The average Bonchev–Trinajstić information content (AvgIpc) is 3.08. The van der Waals surface area contributed by atoms with Crippen molar-refractivity contribution in [2.24, 2.45) is 0 Å². The van der Waals surface area contributed by atoms with Crippen molar-refractivity contribution in [1.82, 2.24) is 0 Å². The van der Waals surface area contributed by atoms with E-state index in [0.29, 0.717) is 12.7 Å². The Morgan fingerprint density at radius 3 is 2.46 bits per heavy atom. The van der Waals surface area contributed by atoms with Crippen LogP contribution < -0.4 is 10.1 Å². The predicted molar refractivity (Wildman–Crippen MR) is 97.5 cm³/mol. The first-order valence-corrected chi connectivity index (χ1v) is 9.29. The molecule has 2 rings (SSSR count). The van der Waals surface area contributed by atoms with Crippen molar-refractivity contribution in [2.75, 3.05) is 11.9 Å². The normalized spacial score (nSPS) is 17.5. The molecule has 1 saturated carbocycles. The Morgan fingerprint density at radius 2 is 1.88 bits per heavy atom. The molecule has 1 unspecified atom stereocenters. The summed E-state index contributed by atoms with van der Waals surface area (Å²) in [6.45, 7) is 6.45. The topological polar surface area (TPSA) is 47.6 Å². The standard InChI is InChI=1S/C20H31NO3/c1-4-6-15-20(3,23-5-2)19(22)21-16-11-13-18(14-12-16)24-17-9-7-8-10-17/h11-14,17H,4-10,15H2,1-3H3,(H,21,22). The fourth-order valence-electron chi connectivity index (χ4n) is 3.16. The van der Waals surface area contributed by atoms with Crippen LogP contribution in [0.4, 0.5) is 5.69 Å². The number of anilines is 1. The Labute approximate surface area is 145 Å². The molecule has 0 radical (unpaired) electrons. The van der Waals surface area contributed by atoms with Gasteiger partial charge in [-0.3, -0.25) is 4.79 Å². The van der Waals surface area contributed by atoms with Gasteiger partial charge in [-0.1, -0.05) is 19.8 Å². The maximum absolute atomic E-state index is 12.6. The van der Waals surface area contributed by atoms with Crippen LogP contribution in [0.25, 0.3) is 0 Å². The third-order valence-corrected chi connectivity index (χ3v) is 4.67. The number of nitrogens with one attached hydrogen (secondary N) is 1. The number of amides is 1. The molecule has 1 aliphatic rings. The van der Waals surface area contributed by atoms with Crippen LogP contribution in [-0.2, 0) is 9.53 Å². The van der Waals surface area contributed by atoms with Crippen molar-refractivity contribution < 1.29 is 14.3 Å². The van der Waals surface area contributed by atoms with Gasteiger partial charge in [-0.2, -0.15) is 0 Å². The number of benzene rings is 1. The molecule has 0 bridgehead atoms. The van der Waals surface area contributed by atoms with Crippen LogP contribution in [0.1, 0.15) is 65.7 Å². The molecule has 0 spiro atoms. The van der Waals surface area contributed by atoms with E-state index in [1.807, 2.05) is 38.1 Å². The molecule has 0 aromatic heterocycles. The van der Waals surface area contributed by atoms with Gasteiger partial charge in [-0.05, 0) is 70.2 Å². The van der Waals surface area contributed by atoms with Crippen LogP contribution in [0, 0.1) is 0 Å². The second-order valence-corrected chi connectivity index (χ2v) is 6.77. The second kappa shape index (κ2) is 9.07. The molecule has 1 fully saturated rings. The first kappa shape index (κ1) is 18.8. The minimum Gasteiger partial charge on any atom is -0.490 e. The van der Waals surface area contributed by atoms with Crippen molar-refractivity contribution in [2.45, 2.75) is 77.4 Å².